The highest BCUT2D eigenvalue weighted by molar-refractivity contribution is 6.17. The van der Waals surface area contributed by atoms with Crippen LogP contribution < -0.4 is 5.32 Å². The van der Waals surface area contributed by atoms with Gasteiger partial charge in [-0.25, -0.2) is 4.79 Å². The number of anilines is 1. The summed E-state index contributed by atoms with van der Waals surface area (Å²) in [5, 5.41) is 5.57. The Bertz CT molecular complexity index is 645. The first-order chi connectivity index (χ1) is 9.90. The second kappa shape index (κ2) is 6.00. The van der Waals surface area contributed by atoms with Crippen molar-refractivity contribution in [3.63, 3.8) is 0 Å². The average Bonchev–Trinajstić information content (AvgIpc) is 2.88. The number of benzene rings is 1. The fraction of sp³-hybridized carbons (Fsp3) is 0.182. The van der Waals surface area contributed by atoms with Crippen molar-refractivity contribution in [2.45, 2.75) is 6.18 Å². The third-order valence-corrected chi connectivity index (χ3v) is 2.33. The Labute approximate surface area is 120 Å². The predicted octanol–water partition coefficient (Wildman–Crippen LogP) is 3.50. The summed E-state index contributed by atoms with van der Waals surface area (Å²) in [6, 6.07) is 5.49. The highest BCUT2D eigenvalue weighted by Gasteiger charge is 2.38. The van der Waals surface area contributed by atoms with E-state index in [0.717, 1.165) is 0 Å². The molecular weight excluding hydrogens is 315 g/mol. The normalized spacial score (nSPS) is 11.2. The van der Waals surface area contributed by atoms with Crippen molar-refractivity contribution in [3.05, 3.63) is 30.2 Å². The molecule has 1 heterocycles. The number of hydrogen-bond acceptors (Lipinski definition) is 5. The van der Waals surface area contributed by atoms with Gasteiger partial charge in [0.05, 0.1) is 0 Å². The van der Waals surface area contributed by atoms with E-state index in [0.29, 0.717) is 0 Å². The zero-order valence-corrected chi connectivity index (χ0v) is 10.9. The summed E-state index contributed by atoms with van der Waals surface area (Å²) in [5.74, 6) is -1.70. The van der Waals surface area contributed by atoms with E-state index in [2.05, 4.69) is 24.7 Å². The molecular formula is C11H7ClF3N3O3. The van der Waals surface area contributed by atoms with Gasteiger partial charge in [0.1, 0.15) is 0 Å². The Morgan fingerprint density at radius 2 is 2.19 bits per heavy atom. The molecule has 1 aromatic heterocycles. The summed E-state index contributed by atoms with van der Waals surface area (Å²) in [7, 11) is 0. The van der Waals surface area contributed by atoms with Crippen molar-refractivity contribution in [2.75, 3.05) is 11.4 Å². The largest absolute Gasteiger partial charge is 0.471 e. The number of nitrogens with one attached hydrogen (secondary N) is 1. The van der Waals surface area contributed by atoms with Gasteiger partial charge in [-0.05, 0) is 12.1 Å². The van der Waals surface area contributed by atoms with Gasteiger partial charge in [0.15, 0.2) is 6.07 Å². The molecule has 112 valence electrons. The molecule has 0 saturated carbocycles. The lowest BCUT2D eigenvalue weighted by Gasteiger charge is -2.05. The Morgan fingerprint density at radius 3 is 2.81 bits per heavy atom. The smallest absolute Gasteiger partial charge is 0.433 e. The van der Waals surface area contributed by atoms with Crippen molar-refractivity contribution in [3.8, 4) is 11.4 Å². The molecule has 0 aliphatic carbocycles. The lowest BCUT2D eigenvalue weighted by atomic mass is 10.2. The summed E-state index contributed by atoms with van der Waals surface area (Å²) in [5.41, 5.74) is 0.513. The number of nitrogens with zero attached hydrogens (tertiary/aromatic N) is 2. The highest BCUT2D eigenvalue weighted by Crippen LogP contribution is 2.29. The predicted molar refractivity (Wildman–Crippen MR) is 65.6 cm³/mol. The second-order valence-corrected chi connectivity index (χ2v) is 3.89. The molecule has 0 saturated heterocycles. The summed E-state index contributed by atoms with van der Waals surface area (Å²) in [6.45, 7) is 0. The second-order valence-electron chi connectivity index (χ2n) is 3.67. The van der Waals surface area contributed by atoms with Crippen LogP contribution >= 0.6 is 11.6 Å². The first-order valence-electron chi connectivity index (χ1n) is 5.41. The Morgan fingerprint density at radius 1 is 1.43 bits per heavy atom. The molecule has 0 aliphatic heterocycles. The number of ether oxygens (including phenoxy) is 1. The minimum absolute atomic E-state index is 0.234. The topological polar surface area (TPSA) is 77.3 Å². The van der Waals surface area contributed by atoms with Crippen LogP contribution in [0.5, 0.6) is 0 Å². The molecule has 0 atom stereocenters. The van der Waals surface area contributed by atoms with Gasteiger partial charge in [-0.3, -0.25) is 5.32 Å². The number of halogens is 4. The average molecular weight is 322 g/mol. The molecule has 1 aromatic carbocycles. The molecule has 1 N–H and O–H groups in total. The van der Waals surface area contributed by atoms with E-state index in [1.54, 1.807) is 0 Å². The van der Waals surface area contributed by atoms with Crippen LogP contribution in [0, 0.1) is 0 Å². The van der Waals surface area contributed by atoms with Crippen LogP contribution in [0.3, 0.4) is 0 Å². The van der Waals surface area contributed by atoms with Crippen LogP contribution in [0.4, 0.5) is 23.7 Å². The first kappa shape index (κ1) is 15.1. The zero-order valence-electron chi connectivity index (χ0n) is 10.1. The molecule has 2 aromatic rings. The molecule has 0 fully saturated rings. The maximum Gasteiger partial charge on any atom is 0.471 e. The van der Waals surface area contributed by atoms with Gasteiger partial charge in [0.2, 0.25) is 5.82 Å². The number of carbonyl (C=O) groups excluding carboxylic acids is 1. The van der Waals surface area contributed by atoms with Gasteiger partial charge in [0.25, 0.3) is 0 Å². The van der Waals surface area contributed by atoms with Crippen molar-refractivity contribution < 1.29 is 27.2 Å². The maximum atomic E-state index is 12.4. The quantitative estimate of drug-likeness (QED) is 0.875. The number of rotatable bonds is 3. The fourth-order valence-corrected chi connectivity index (χ4v) is 1.49. The van der Waals surface area contributed by atoms with E-state index in [1.807, 2.05) is 0 Å². The maximum absolute atomic E-state index is 12.4. The van der Waals surface area contributed by atoms with E-state index >= 15 is 0 Å². The summed E-state index contributed by atoms with van der Waals surface area (Å²) in [6.07, 6.45) is -5.52. The van der Waals surface area contributed by atoms with Gasteiger partial charge in [-0.2, -0.15) is 18.2 Å². The van der Waals surface area contributed by atoms with E-state index in [4.69, 9.17) is 11.6 Å². The monoisotopic (exact) mass is 321 g/mol. The minimum atomic E-state index is -4.72. The lowest BCUT2D eigenvalue weighted by molar-refractivity contribution is -0.159. The standard InChI is InChI=1S/C11H7ClF3N3O3/c12-5-20-10(19)16-7-3-1-2-6(4-7)8-17-9(21-18-8)11(13,14)15/h1-4H,5H2,(H,16,19). The van der Waals surface area contributed by atoms with Crippen LogP contribution in [0.1, 0.15) is 5.89 Å². The van der Waals surface area contributed by atoms with Crippen LogP contribution in [0.15, 0.2) is 28.8 Å². The number of aromatic nitrogens is 2. The summed E-state index contributed by atoms with van der Waals surface area (Å²) < 4.78 is 45.7. The van der Waals surface area contributed by atoms with Crippen molar-refractivity contribution >= 4 is 23.4 Å². The van der Waals surface area contributed by atoms with E-state index in [1.165, 1.54) is 24.3 Å². The van der Waals surface area contributed by atoms with Crippen LogP contribution in [0.2, 0.25) is 0 Å². The zero-order chi connectivity index (χ0) is 15.5. The molecule has 21 heavy (non-hydrogen) atoms. The molecule has 10 heteroatoms. The van der Waals surface area contributed by atoms with Crippen molar-refractivity contribution in [1.82, 2.24) is 10.1 Å². The number of hydrogen-bond donors (Lipinski definition) is 1. The van der Waals surface area contributed by atoms with Crippen molar-refractivity contribution in [1.29, 1.82) is 0 Å². The summed E-state index contributed by atoms with van der Waals surface area (Å²) in [4.78, 5) is 14.4. The SMILES string of the molecule is O=C(Nc1cccc(-c2noc(C(F)(F)F)n2)c1)OCCl. The van der Waals surface area contributed by atoms with Gasteiger partial charge >= 0.3 is 18.2 Å². The molecule has 2 rings (SSSR count). The lowest BCUT2D eigenvalue weighted by Crippen LogP contribution is -2.12. The van der Waals surface area contributed by atoms with E-state index in [9.17, 15) is 18.0 Å². The molecule has 0 bridgehead atoms. The molecule has 0 aliphatic rings. The van der Waals surface area contributed by atoms with Gasteiger partial charge in [-0.15, -0.1) is 0 Å². The number of alkyl halides is 4. The Kier molecular flexibility index (Phi) is 4.32. The third-order valence-electron chi connectivity index (χ3n) is 2.22. The fourth-order valence-electron chi connectivity index (χ4n) is 1.40. The molecule has 0 unspecified atom stereocenters. The van der Waals surface area contributed by atoms with E-state index in [-0.39, 0.29) is 23.1 Å². The Balaban J connectivity index is 2.21. The molecule has 1 amide bonds. The minimum Gasteiger partial charge on any atom is -0.433 e. The first-order valence-corrected chi connectivity index (χ1v) is 5.94. The molecule has 6 nitrogen and oxygen atoms in total. The van der Waals surface area contributed by atoms with Gasteiger partial charge < -0.3 is 9.26 Å². The molecule has 0 spiro atoms. The van der Waals surface area contributed by atoms with Crippen LogP contribution in [0.25, 0.3) is 11.4 Å². The Hall–Kier alpha value is -2.29. The third kappa shape index (κ3) is 3.85. The number of amides is 1. The highest BCUT2D eigenvalue weighted by atomic mass is 35.5. The van der Waals surface area contributed by atoms with Gasteiger partial charge in [0, 0.05) is 11.3 Å². The summed E-state index contributed by atoms with van der Waals surface area (Å²) >= 11 is 5.21. The molecule has 0 radical (unpaired) electrons. The van der Waals surface area contributed by atoms with Crippen LogP contribution in [-0.4, -0.2) is 22.3 Å². The van der Waals surface area contributed by atoms with Crippen LogP contribution in [-0.2, 0) is 10.9 Å². The van der Waals surface area contributed by atoms with Gasteiger partial charge in [-0.1, -0.05) is 28.9 Å². The van der Waals surface area contributed by atoms with E-state index < -0.39 is 18.2 Å². The number of carbonyl (C=O) groups is 1. The van der Waals surface area contributed by atoms with Crippen molar-refractivity contribution in [2.24, 2.45) is 0 Å².